The Morgan fingerprint density at radius 3 is 2.60 bits per heavy atom. The molecular weight excluding hydrogens is 250 g/mol. The summed E-state index contributed by atoms with van der Waals surface area (Å²) in [5.41, 5.74) is 6.08. The van der Waals surface area contributed by atoms with E-state index >= 15 is 0 Å². The number of hydrogen-bond donors (Lipinski definition) is 1. The Balaban J connectivity index is 1.83. The third kappa shape index (κ3) is 3.95. The number of nitrogens with two attached hydrogens (primary N) is 1. The van der Waals surface area contributed by atoms with E-state index in [1.54, 1.807) is 0 Å². The highest BCUT2D eigenvalue weighted by Crippen LogP contribution is 2.38. The van der Waals surface area contributed by atoms with Crippen molar-refractivity contribution in [3.05, 3.63) is 0 Å². The molecule has 1 amide bonds. The van der Waals surface area contributed by atoms with Gasteiger partial charge in [0.25, 0.3) is 0 Å². The van der Waals surface area contributed by atoms with Gasteiger partial charge in [-0.05, 0) is 50.7 Å². The van der Waals surface area contributed by atoms with E-state index in [0.29, 0.717) is 24.8 Å². The highest BCUT2D eigenvalue weighted by atomic mass is 16.2. The average Bonchev–Trinajstić information content (AvgIpc) is 2.85. The van der Waals surface area contributed by atoms with E-state index in [2.05, 4.69) is 11.9 Å². The fourth-order valence-corrected chi connectivity index (χ4v) is 3.88. The number of rotatable bonds is 5. The van der Waals surface area contributed by atoms with Gasteiger partial charge in [-0.2, -0.15) is 0 Å². The van der Waals surface area contributed by atoms with Crippen LogP contribution in [0.15, 0.2) is 0 Å². The van der Waals surface area contributed by atoms with Gasteiger partial charge in [0.15, 0.2) is 0 Å². The molecule has 1 atom stereocenters. The van der Waals surface area contributed by atoms with Crippen LogP contribution in [0.4, 0.5) is 0 Å². The fraction of sp³-hybridized carbons (Fsp3) is 0.938. The number of likely N-dealkylation sites (tertiary alicyclic amines) is 1. The Morgan fingerprint density at radius 2 is 2.05 bits per heavy atom. The van der Waals surface area contributed by atoms with Gasteiger partial charge in [-0.25, -0.2) is 0 Å². The molecule has 0 bridgehead atoms. The molecule has 1 saturated heterocycles. The van der Waals surface area contributed by atoms with Crippen LogP contribution in [0.3, 0.4) is 0 Å². The molecule has 0 aromatic rings. The summed E-state index contributed by atoms with van der Waals surface area (Å²) in [7, 11) is 4.13. The van der Waals surface area contributed by atoms with Gasteiger partial charge in [0.2, 0.25) is 5.91 Å². The van der Waals surface area contributed by atoms with Gasteiger partial charge >= 0.3 is 0 Å². The van der Waals surface area contributed by atoms with E-state index in [9.17, 15) is 4.79 Å². The lowest BCUT2D eigenvalue weighted by Crippen LogP contribution is -2.40. The minimum absolute atomic E-state index is 0.0933. The molecule has 1 saturated carbocycles. The van der Waals surface area contributed by atoms with Crippen LogP contribution >= 0.6 is 0 Å². The maximum absolute atomic E-state index is 12.5. The predicted molar refractivity (Wildman–Crippen MR) is 82.4 cm³/mol. The summed E-state index contributed by atoms with van der Waals surface area (Å²) in [5.74, 6) is 0.945. The summed E-state index contributed by atoms with van der Waals surface area (Å²) < 4.78 is 0. The Labute approximate surface area is 123 Å². The molecule has 20 heavy (non-hydrogen) atoms. The Bertz CT molecular complexity index is 326. The van der Waals surface area contributed by atoms with Crippen molar-refractivity contribution in [1.29, 1.82) is 0 Å². The molecule has 1 aliphatic carbocycles. The molecule has 0 radical (unpaired) electrons. The first-order chi connectivity index (χ1) is 9.54. The van der Waals surface area contributed by atoms with Gasteiger partial charge in [-0.15, -0.1) is 0 Å². The molecular formula is C16H31N3O. The third-order valence-corrected chi connectivity index (χ3v) is 5.32. The first kappa shape index (κ1) is 15.8. The van der Waals surface area contributed by atoms with E-state index in [1.165, 1.54) is 32.2 Å². The zero-order valence-corrected chi connectivity index (χ0v) is 13.2. The second-order valence-electron chi connectivity index (χ2n) is 7.13. The predicted octanol–water partition coefficient (Wildman–Crippen LogP) is 1.70. The summed E-state index contributed by atoms with van der Waals surface area (Å²) in [6.07, 6.45) is 7.92. The van der Waals surface area contributed by atoms with Gasteiger partial charge in [0, 0.05) is 26.6 Å². The summed E-state index contributed by atoms with van der Waals surface area (Å²) >= 11 is 0. The first-order valence-corrected chi connectivity index (χ1v) is 8.17. The molecule has 4 heteroatoms. The van der Waals surface area contributed by atoms with Gasteiger partial charge in [0.05, 0.1) is 0 Å². The average molecular weight is 281 g/mol. The second kappa shape index (κ2) is 6.90. The van der Waals surface area contributed by atoms with E-state index in [4.69, 9.17) is 5.73 Å². The number of carbonyl (C=O) groups excluding carboxylic acids is 1. The highest BCUT2D eigenvalue weighted by Gasteiger charge is 2.34. The minimum atomic E-state index is 0.0933. The van der Waals surface area contributed by atoms with Crippen molar-refractivity contribution in [2.75, 3.05) is 40.3 Å². The van der Waals surface area contributed by atoms with E-state index < -0.39 is 0 Å². The maximum Gasteiger partial charge on any atom is 0.222 e. The molecule has 0 aromatic carbocycles. The number of amides is 1. The molecule has 4 nitrogen and oxygen atoms in total. The molecule has 1 unspecified atom stereocenters. The Kier molecular flexibility index (Phi) is 5.44. The van der Waals surface area contributed by atoms with Crippen molar-refractivity contribution in [3.8, 4) is 0 Å². The summed E-state index contributed by atoms with van der Waals surface area (Å²) in [6.45, 7) is 3.86. The van der Waals surface area contributed by atoms with E-state index in [-0.39, 0.29) is 5.41 Å². The van der Waals surface area contributed by atoms with Gasteiger partial charge in [0.1, 0.15) is 0 Å². The molecule has 0 spiro atoms. The standard InChI is InChI=1S/C16H31N3O/c1-18-9-6-14(11-18)12-19(2)15(20)10-16(13-17)7-4-3-5-8-16/h14H,3-13,17H2,1-2H3. The zero-order valence-electron chi connectivity index (χ0n) is 13.2. The SMILES string of the molecule is CN1CCC(CN(C)C(=O)CC2(CN)CCCCC2)C1. The second-order valence-corrected chi connectivity index (χ2v) is 7.13. The third-order valence-electron chi connectivity index (χ3n) is 5.32. The molecule has 2 aliphatic rings. The molecule has 2 fully saturated rings. The zero-order chi connectivity index (χ0) is 14.6. The molecule has 2 rings (SSSR count). The fourth-order valence-electron chi connectivity index (χ4n) is 3.88. The monoisotopic (exact) mass is 281 g/mol. The van der Waals surface area contributed by atoms with Gasteiger partial charge in [-0.1, -0.05) is 19.3 Å². The summed E-state index contributed by atoms with van der Waals surface area (Å²) in [4.78, 5) is 16.8. The van der Waals surface area contributed by atoms with Crippen molar-refractivity contribution < 1.29 is 4.79 Å². The van der Waals surface area contributed by atoms with Crippen molar-refractivity contribution >= 4 is 5.91 Å². The highest BCUT2D eigenvalue weighted by molar-refractivity contribution is 5.76. The van der Waals surface area contributed by atoms with Crippen molar-refractivity contribution in [3.63, 3.8) is 0 Å². The Hall–Kier alpha value is -0.610. The van der Waals surface area contributed by atoms with Crippen LogP contribution in [0.5, 0.6) is 0 Å². The molecule has 1 heterocycles. The van der Waals surface area contributed by atoms with Crippen LogP contribution in [0, 0.1) is 11.3 Å². The number of carbonyl (C=O) groups is 1. The van der Waals surface area contributed by atoms with Crippen molar-refractivity contribution in [2.45, 2.75) is 44.9 Å². The lowest BCUT2D eigenvalue weighted by atomic mass is 9.71. The van der Waals surface area contributed by atoms with Crippen LogP contribution < -0.4 is 5.73 Å². The summed E-state index contributed by atoms with van der Waals surface area (Å²) in [5, 5.41) is 0. The number of nitrogens with zero attached hydrogens (tertiary/aromatic N) is 2. The van der Waals surface area contributed by atoms with Crippen LogP contribution in [-0.4, -0.2) is 56.0 Å². The minimum Gasteiger partial charge on any atom is -0.345 e. The van der Waals surface area contributed by atoms with Gasteiger partial charge in [-0.3, -0.25) is 4.79 Å². The normalized spacial score (nSPS) is 26.6. The van der Waals surface area contributed by atoms with E-state index in [0.717, 1.165) is 25.9 Å². The first-order valence-electron chi connectivity index (χ1n) is 8.17. The van der Waals surface area contributed by atoms with Crippen molar-refractivity contribution in [1.82, 2.24) is 9.80 Å². The quantitative estimate of drug-likeness (QED) is 0.834. The molecule has 116 valence electrons. The van der Waals surface area contributed by atoms with E-state index in [1.807, 2.05) is 11.9 Å². The largest absolute Gasteiger partial charge is 0.345 e. The lowest BCUT2D eigenvalue weighted by molar-refractivity contribution is -0.133. The number of hydrogen-bond acceptors (Lipinski definition) is 3. The topological polar surface area (TPSA) is 49.6 Å². The maximum atomic E-state index is 12.5. The van der Waals surface area contributed by atoms with Crippen LogP contribution in [0.25, 0.3) is 0 Å². The molecule has 0 aromatic heterocycles. The summed E-state index contributed by atoms with van der Waals surface area (Å²) in [6, 6.07) is 0. The molecule has 2 N–H and O–H groups in total. The molecule has 1 aliphatic heterocycles. The van der Waals surface area contributed by atoms with Crippen molar-refractivity contribution in [2.24, 2.45) is 17.1 Å². The van der Waals surface area contributed by atoms with Gasteiger partial charge < -0.3 is 15.5 Å². The van der Waals surface area contributed by atoms with Crippen LogP contribution in [-0.2, 0) is 4.79 Å². The van der Waals surface area contributed by atoms with Crippen LogP contribution in [0.2, 0.25) is 0 Å². The lowest BCUT2D eigenvalue weighted by Gasteiger charge is -2.37. The van der Waals surface area contributed by atoms with Crippen LogP contribution in [0.1, 0.15) is 44.9 Å². The smallest absolute Gasteiger partial charge is 0.222 e. The Morgan fingerprint density at radius 1 is 1.35 bits per heavy atom.